The zero-order valence-electron chi connectivity index (χ0n) is 28.9. The Morgan fingerprint density at radius 2 is 1.86 bits per heavy atom. The van der Waals surface area contributed by atoms with Gasteiger partial charge in [-0.2, -0.15) is 5.10 Å². The Hall–Kier alpha value is -3.66. The van der Waals surface area contributed by atoms with E-state index in [1.165, 1.54) is 35.3 Å². The Kier molecular flexibility index (Phi) is 10.3. The number of anilines is 1. The molecule has 3 aliphatic rings. The Bertz CT molecular complexity index is 1720. The molecule has 3 fully saturated rings. The van der Waals surface area contributed by atoms with Gasteiger partial charge in [0.15, 0.2) is 16.6 Å². The monoisotopic (exact) mass is 698 g/mol. The zero-order valence-corrected chi connectivity index (χ0v) is 29.7. The van der Waals surface area contributed by atoms with Crippen LogP contribution in [0.5, 0.6) is 11.5 Å². The number of carbonyl (C=O) groups is 1. The molecule has 1 amide bonds. The minimum Gasteiger partial charge on any atom is -0.451 e. The summed E-state index contributed by atoms with van der Waals surface area (Å²) in [4.78, 5) is 28.6. The van der Waals surface area contributed by atoms with Gasteiger partial charge in [-0.3, -0.25) is 9.48 Å². The van der Waals surface area contributed by atoms with Gasteiger partial charge >= 0.3 is 0 Å². The number of likely N-dealkylation sites (tertiary alicyclic amines) is 1. The highest BCUT2D eigenvalue weighted by molar-refractivity contribution is 7.89. The van der Waals surface area contributed by atoms with E-state index in [9.17, 15) is 17.6 Å². The number of rotatable bonds is 11. The molecular weight excluding hydrogens is 651 g/mol. The summed E-state index contributed by atoms with van der Waals surface area (Å²) in [6.07, 6.45) is 8.35. The molecule has 3 aliphatic heterocycles. The van der Waals surface area contributed by atoms with Crippen molar-refractivity contribution in [3.63, 3.8) is 0 Å². The zero-order chi connectivity index (χ0) is 34.9. The average molecular weight is 699 g/mol. The van der Waals surface area contributed by atoms with E-state index in [-0.39, 0.29) is 51.9 Å². The number of aryl methyl sites for hydroxylation is 1. The van der Waals surface area contributed by atoms with Crippen LogP contribution in [0, 0.1) is 11.2 Å². The Balaban J connectivity index is 1.01. The first-order valence-electron chi connectivity index (χ1n) is 17.0. The van der Waals surface area contributed by atoms with Gasteiger partial charge in [-0.1, -0.05) is 0 Å². The largest absolute Gasteiger partial charge is 0.451 e. The van der Waals surface area contributed by atoms with Crippen molar-refractivity contribution in [2.45, 2.75) is 82.6 Å². The van der Waals surface area contributed by atoms with Crippen LogP contribution in [0.15, 0.2) is 48.0 Å². The molecule has 1 N–H and O–H groups in total. The minimum absolute atomic E-state index is 0.0196. The number of hydrogen-bond acceptors (Lipinski definition) is 10. The third-order valence-electron chi connectivity index (χ3n) is 9.79. The van der Waals surface area contributed by atoms with Gasteiger partial charge in [-0.05, 0) is 90.7 Å². The SMILES string of the molecule is CC(C)N(C(=O)c1cc(F)ccc1Oc1cncnc1N1CC2(CCN(C[C@@H]3CC[C@@H](NS(=O)(=O)c4ccn(C)n4)CO3)CC2)C1)C(C)C. The van der Waals surface area contributed by atoms with Crippen LogP contribution in [-0.2, 0) is 21.8 Å². The molecule has 6 rings (SSSR count). The summed E-state index contributed by atoms with van der Waals surface area (Å²) < 4.78 is 56.2. The van der Waals surface area contributed by atoms with Crippen LogP contribution < -0.4 is 14.4 Å². The maximum Gasteiger partial charge on any atom is 0.260 e. The third kappa shape index (κ3) is 7.89. The second kappa shape index (κ2) is 14.3. The fourth-order valence-corrected chi connectivity index (χ4v) is 8.51. The highest BCUT2D eigenvalue weighted by Crippen LogP contribution is 2.45. The van der Waals surface area contributed by atoms with Gasteiger partial charge in [0.05, 0.1) is 24.5 Å². The van der Waals surface area contributed by atoms with E-state index in [4.69, 9.17) is 9.47 Å². The molecule has 0 aliphatic carbocycles. The Morgan fingerprint density at radius 1 is 1.12 bits per heavy atom. The second-order valence-corrected chi connectivity index (χ2v) is 15.8. The normalized spacial score (nSPS) is 21.3. The quantitative estimate of drug-likeness (QED) is 0.315. The molecule has 2 atom stereocenters. The summed E-state index contributed by atoms with van der Waals surface area (Å²) in [7, 11) is -1.99. The molecule has 0 saturated carbocycles. The summed E-state index contributed by atoms with van der Waals surface area (Å²) in [5.41, 5.74) is 0.334. The number of ether oxygens (including phenoxy) is 2. The molecule has 266 valence electrons. The van der Waals surface area contributed by atoms with E-state index in [1.807, 2.05) is 27.7 Å². The van der Waals surface area contributed by atoms with E-state index in [1.54, 1.807) is 24.3 Å². The summed E-state index contributed by atoms with van der Waals surface area (Å²) in [5.74, 6) is 0.535. The maximum atomic E-state index is 14.4. The number of sulfonamides is 1. The second-order valence-electron chi connectivity index (χ2n) is 14.2. The maximum absolute atomic E-state index is 14.4. The van der Waals surface area contributed by atoms with Crippen molar-refractivity contribution >= 4 is 21.7 Å². The third-order valence-corrected chi connectivity index (χ3v) is 11.2. The van der Waals surface area contributed by atoms with Crippen LogP contribution in [0.25, 0.3) is 0 Å². The average Bonchev–Trinajstić information content (AvgIpc) is 3.49. The van der Waals surface area contributed by atoms with Crippen LogP contribution in [0.4, 0.5) is 10.2 Å². The standard InChI is InChI=1S/C34H47FN8O5S/c1-23(2)43(24(3)4)33(44)28-16-25(35)6-9-29(28)48-30-17-36-22-37-32(30)42-20-34(21-42)11-14-41(15-12-34)18-27-8-7-26(19-47-27)39-49(45,46)31-10-13-40(5)38-31/h6,9-10,13,16-17,22-24,26-27,39H,7-8,11-12,14-15,18-21H2,1-5H3/t26-,27+/m1/s1. The first kappa shape index (κ1) is 35.2. The number of aromatic nitrogens is 4. The molecule has 0 bridgehead atoms. The number of benzene rings is 1. The van der Waals surface area contributed by atoms with Crippen molar-refractivity contribution in [1.82, 2.24) is 34.3 Å². The number of carbonyl (C=O) groups excluding carboxylic acids is 1. The van der Waals surface area contributed by atoms with E-state index in [2.05, 4.69) is 29.6 Å². The molecule has 15 heteroatoms. The van der Waals surface area contributed by atoms with Gasteiger partial charge in [-0.25, -0.2) is 27.5 Å². The lowest BCUT2D eigenvalue weighted by Gasteiger charge is -2.54. The van der Waals surface area contributed by atoms with Crippen LogP contribution in [0.2, 0.25) is 0 Å². The van der Waals surface area contributed by atoms with Crippen molar-refractivity contribution in [1.29, 1.82) is 0 Å². The molecular formula is C34H47FN8O5S. The van der Waals surface area contributed by atoms with Gasteiger partial charge in [0.1, 0.15) is 17.9 Å². The van der Waals surface area contributed by atoms with Crippen LogP contribution in [-0.4, -0.2) is 107 Å². The van der Waals surface area contributed by atoms with E-state index in [0.717, 1.165) is 52.0 Å². The molecule has 3 aromatic rings. The van der Waals surface area contributed by atoms with E-state index in [0.29, 0.717) is 24.6 Å². The highest BCUT2D eigenvalue weighted by Gasteiger charge is 2.46. The van der Waals surface area contributed by atoms with Crippen LogP contribution in [0.3, 0.4) is 0 Å². The number of piperidine rings is 1. The van der Waals surface area contributed by atoms with Crippen molar-refractivity contribution in [3.05, 3.63) is 54.4 Å². The molecule has 49 heavy (non-hydrogen) atoms. The molecule has 1 aromatic carbocycles. The fraction of sp³-hybridized carbons (Fsp3) is 0.588. The predicted octanol–water partition coefficient (Wildman–Crippen LogP) is 3.83. The Morgan fingerprint density at radius 3 is 2.49 bits per heavy atom. The number of nitrogens with one attached hydrogen (secondary N) is 1. The fourth-order valence-electron chi connectivity index (χ4n) is 7.29. The first-order chi connectivity index (χ1) is 23.3. The highest BCUT2D eigenvalue weighted by atomic mass is 32.2. The lowest BCUT2D eigenvalue weighted by Crippen LogP contribution is -2.61. The summed E-state index contributed by atoms with van der Waals surface area (Å²) in [5, 5.41) is 4.03. The van der Waals surface area contributed by atoms with Gasteiger partial charge in [0.25, 0.3) is 15.9 Å². The van der Waals surface area contributed by atoms with E-state index >= 15 is 0 Å². The number of halogens is 1. The molecule has 1 spiro atoms. The molecule has 0 unspecified atom stereocenters. The molecule has 0 radical (unpaired) electrons. The van der Waals surface area contributed by atoms with Crippen molar-refractivity contribution < 1.29 is 27.1 Å². The van der Waals surface area contributed by atoms with Crippen molar-refractivity contribution in [2.75, 3.05) is 44.2 Å². The van der Waals surface area contributed by atoms with E-state index < -0.39 is 15.8 Å². The molecule has 13 nitrogen and oxygen atoms in total. The van der Waals surface area contributed by atoms with Gasteiger partial charge in [0, 0.05) is 56.4 Å². The first-order valence-corrected chi connectivity index (χ1v) is 18.5. The number of nitrogens with zero attached hydrogens (tertiary/aromatic N) is 7. The topological polar surface area (TPSA) is 135 Å². The van der Waals surface area contributed by atoms with Crippen LogP contribution >= 0.6 is 0 Å². The molecule has 5 heterocycles. The Labute approximate surface area is 287 Å². The van der Waals surface area contributed by atoms with Gasteiger partial charge in [-0.15, -0.1) is 0 Å². The smallest absolute Gasteiger partial charge is 0.260 e. The molecule has 2 aromatic heterocycles. The van der Waals surface area contributed by atoms with Gasteiger partial charge < -0.3 is 24.2 Å². The number of hydrogen-bond donors (Lipinski definition) is 1. The molecule has 3 saturated heterocycles. The van der Waals surface area contributed by atoms with Gasteiger partial charge in [0.2, 0.25) is 0 Å². The summed E-state index contributed by atoms with van der Waals surface area (Å²) >= 11 is 0. The van der Waals surface area contributed by atoms with Crippen LogP contribution in [0.1, 0.15) is 63.7 Å². The van der Waals surface area contributed by atoms with Crippen molar-refractivity contribution in [3.8, 4) is 11.5 Å². The lowest BCUT2D eigenvalue weighted by molar-refractivity contribution is -0.0299. The van der Waals surface area contributed by atoms with Crippen molar-refractivity contribution in [2.24, 2.45) is 12.5 Å². The lowest BCUT2D eigenvalue weighted by atomic mass is 9.72. The summed E-state index contributed by atoms with van der Waals surface area (Å²) in [6.45, 7) is 12.5. The summed E-state index contributed by atoms with van der Waals surface area (Å²) in [6, 6.07) is 5.08. The minimum atomic E-state index is -3.67. The predicted molar refractivity (Wildman–Crippen MR) is 182 cm³/mol. The number of amides is 1.